The van der Waals surface area contributed by atoms with Gasteiger partial charge in [0, 0.05) is 18.3 Å². The largest absolute Gasteiger partial charge is 0.497 e. The van der Waals surface area contributed by atoms with E-state index in [2.05, 4.69) is 4.98 Å². The molecule has 4 nitrogen and oxygen atoms in total. The number of benzene rings is 1. The van der Waals surface area contributed by atoms with Gasteiger partial charge in [0.2, 0.25) is 0 Å². The molecule has 0 fully saturated rings. The predicted molar refractivity (Wildman–Crippen MR) is 65.2 cm³/mol. The Labute approximate surface area is 100 Å². The molecule has 1 aromatic carbocycles. The van der Waals surface area contributed by atoms with Gasteiger partial charge in [-0.15, -0.1) is 0 Å². The van der Waals surface area contributed by atoms with Gasteiger partial charge >= 0.3 is 0 Å². The van der Waals surface area contributed by atoms with E-state index >= 15 is 0 Å². The molecule has 0 radical (unpaired) electrons. The van der Waals surface area contributed by atoms with Gasteiger partial charge in [-0.05, 0) is 30.3 Å². The lowest BCUT2D eigenvalue weighted by atomic mass is 10.2. The van der Waals surface area contributed by atoms with Gasteiger partial charge in [-0.3, -0.25) is 4.98 Å². The molecule has 0 aliphatic heterocycles. The van der Waals surface area contributed by atoms with Crippen molar-refractivity contribution < 1.29 is 9.47 Å². The first kappa shape index (κ1) is 11.4. The molecule has 4 heteroatoms. The normalized spacial score (nSPS) is 10.0. The monoisotopic (exact) mass is 230 g/mol. The number of pyridine rings is 1. The Morgan fingerprint density at radius 1 is 1.12 bits per heavy atom. The highest BCUT2D eigenvalue weighted by Gasteiger charge is 2.03. The molecule has 88 valence electrons. The molecular formula is C13H14N2O2. The highest BCUT2D eigenvalue weighted by molar-refractivity contribution is 5.37. The van der Waals surface area contributed by atoms with E-state index in [1.807, 2.05) is 30.3 Å². The average molecular weight is 230 g/mol. The number of methoxy groups -OCH3 is 1. The molecule has 0 atom stereocenters. The smallest absolute Gasteiger partial charge is 0.150 e. The van der Waals surface area contributed by atoms with E-state index in [9.17, 15) is 0 Å². The van der Waals surface area contributed by atoms with Gasteiger partial charge < -0.3 is 15.2 Å². The Kier molecular flexibility index (Phi) is 3.57. The van der Waals surface area contributed by atoms with Gasteiger partial charge in [-0.1, -0.05) is 0 Å². The van der Waals surface area contributed by atoms with Crippen LogP contribution in [0.4, 0.5) is 0 Å². The van der Waals surface area contributed by atoms with Crippen molar-refractivity contribution in [1.29, 1.82) is 0 Å². The number of hydrogen-bond acceptors (Lipinski definition) is 4. The summed E-state index contributed by atoms with van der Waals surface area (Å²) in [5, 5.41) is 0. The highest BCUT2D eigenvalue weighted by atomic mass is 16.5. The Hall–Kier alpha value is -2.07. The summed E-state index contributed by atoms with van der Waals surface area (Å²) in [6.07, 6.45) is 3.36. The summed E-state index contributed by atoms with van der Waals surface area (Å²) < 4.78 is 10.8. The summed E-state index contributed by atoms with van der Waals surface area (Å²) in [6.45, 7) is 0.425. The van der Waals surface area contributed by atoms with Gasteiger partial charge in [0.1, 0.15) is 17.2 Å². The van der Waals surface area contributed by atoms with Gasteiger partial charge in [0.15, 0.2) is 0 Å². The van der Waals surface area contributed by atoms with Crippen molar-refractivity contribution in [3.05, 3.63) is 48.3 Å². The molecule has 0 saturated carbocycles. The minimum Gasteiger partial charge on any atom is -0.497 e. The first-order chi connectivity index (χ1) is 8.33. The molecule has 0 amide bonds. The number of nitrogens with zero attached hydrogens (tertiary/aromatic N) is 1. The molecular weight excluding hydrogens is 216 g/mol. The van der Waals surface area contributed by atoms with Gasteiger partial charge in [0.25, 0.3) is 0 Å². The Balaban J connectivity index is 2.19. The molecule has 0 spiro atoms. The van der Waals surface area contributed by atoms with Crippen molar-refractivity contribution in [1.82, 2.24) is 4.98 Å². The molecule has 2 N–H and O–H groups in total. The van der Waals surface area contributed by atoms with Crippen molar-refractivity contribution in [2.75, 3.05) is 7.11 Å². The van der Waals surface area contributed by atoms with Crippen LogP contribution in [0.5, 0.6) is 17.2 Å². The number of ether oxygens (including phenoxy) is 2. The summed E-state index contributed by atoms with van der Waals surface area (Å²) >= 11 is 0. The van der Waals surface area contributed by atoms with Crippen LogP contribution in [0.15, 0.2) is 42.7 Å². The maximum absolute atomic E-state index is 5.70. The highest BCUT2D eigenvalue weighted by Crippen LogP contribution is 2.25. The van der Waals surface area contributed by atoms with Crippen molar-refractivity contribution in [2.45, 2.75) is 6.54 Å². The average Bonchev–Trinajstić information content (AvgIpc) is 2.40. The van der Waals surface area contributed by atoms with Gasteiger partial charge in [-0.2, -0.15) is 0 Å². The van der Waals surface area contributed by atoms with Crippen LogP contribution in [0, 0.1) is 0 Å². The number of rotatable bonds is 4. The third kappa shape index (κ3) is 2.73. The minimum atomic E-state index is 0.425. The molecule has 17 heavy (non-hydrogen) atoms. The maximum Gasteiger partial charge on any atom is 0.150 e. The first-order valence-corrected chi connectivity index (χ1v) is 5.28. The fourth-order valence-corrected chi connectivity index (χ4v) is 1.44. The summed E-state index contributed by atoms with van der Waals surface area (Å²) in [5.41, 5.74) is 6.55. The topological polar surface area (TPSA) is 57.4 Å². The Bertz CT molecular complexity index is 483. The van der Waals surface area contributed by atoms with Crippen LogP contribution in [0.25, 0.3) is 0 Å². The third-order valence-corrected chi connectivity index (χ3v) is 2.38. The van der Waals surface area contributed by atoms with Crippen molar-refractivity contribution >= 4 is 0 Å². The van der Waals surface area contributed by atoms with E-state index < -0.39 is 0 Å². The lowest BCUT2D eigenvalue weighted by Gasteiger charge is -2.09. The SMILES string of the molecule is COc1ccc(Oc2cnccc2CN)cc1. The van der Waals surface area contributed by atoms with E-state index in [1.165, 1.54) is 0 Å². The molecule has 2 rings (SSSR count). The molecule has 0 unspecified atom stereocenters. The van der Waals surface area contributed by atoms with E-state index in [4.69, 9.17) is 15.2 Å². The predicted octanol–water partition coefficient (Wildman–Crippen LogP) is 2.34. The lowest BCUT2D eigenvalue weighted by Crippen LogP contribution is -1.99. The molecule has 2 aromatic rings. The van der Waals surface area contributed by atoms with E-state index in [0.29, 0.717) is 12.3 Å². The number of aromatic nitrogens is 1. The number of hydrogen-bond donors (Lipinski definition) is 1. The zero-order valence-electron chi connectivity index (χ0n) is 9.59. The summed E-state index contributed by atoms with van der Waals surface area (Å²) in [7, 11) is 1.63. The second-order valence-electron chi connectivity index (χ2n) is 3.47. The second-order valence-corrected chi connectivity index (χ2v) is 3.47. The molecule has 0 bridgehead atoms. The van der Waals surface area contributed by atoms with Crippen molar-refractivity contribution in [3.8, 4) is 17.2 Å². The second kappa shape index (κ2) is 5.32. The summed E-state index contributed by atoms with van der Waals surface area (Å²) in [4.78, 5) is 4.02. The fourth-order valence-electron chi connectivity index (χ4n) is 1.44. The first-order valence-electron chi connectivity index (χ1n) is 5.28. The van der Waals surface area contributed by atoms with Crippen LogP contribution in [-0.2, 0) is 6.54 Å². The lowest BCUT2D eigenvalue weighted by molar-refractivity contribution is 0.412. The van der Waals surface area contributed by atoms with Crippen molar-refractivity contribution in [3.63, 3.8) is 0 Å². The Morgan fingerprint density at radius 3 is 2.47 bits per heavy atom. The van der Waals surface area contributed by atoms with Crippen LogP contribution in [-0.4, -0.2) is 12.1 Å². The third-order valence-electron chi connectivity index (χ3n) is 2.38. The van der Waals surface area contributed by atoms with Gasteiger partial charge in [-0.25, -0.2) is 0 Å². The van der Waals surface area contributed by atoms with Crippen molar-refractivity contribution in [2.24, 2.45) is 5.73 Å². The zero-order valence-corrected chi connectivity index (χ0v) is 9.59. The zero-order chi connectivity index (χ0) is 12.1. The maximum atomic E-state index is 5.70. The quantitative estimate of drug-likeness (QED) is 0.875. The molecule has 1 aromatic heterocycles. The van der Waals surface area contributed by atoms with Crippen LogP contribution in [0.1, 0.15) is 5.56 Å². The molecule has 0 aliphatic carbocycles. The Morgan fingerprint density at radius 2 is 1.82 bits per heavy atom. The molecule has 1 heterocycles. The fraction of sp³-hybridized carbons (Fsp3) is 0.154. The molecule has 0 saturated heterocycles. The minimum absolute atomic E-state index is 0.425. The number of nitrogens with two attached hydrogens (primary N) is 1. The van der Waals surface area contributed by atoms with E-state index in [-0.39, 0.29) is 0 Å². The van der Waals surface area contributed by atoms with Crippen LogP contribution < -0.4 is 15.2 Å². The van der Waals surface area contributed by atoms with E-state index in [1.54, 1.807) is 19.5 Å². The summed E-state index contributed by atoms with van der Waals surface area (Å²) in [6, 6.07) is 9.21. The van der Waals surface area contributed by atoms with Crippen LogP contribution in [0.2, 0.25) is 0 Å². The van der Waals surface area contributed by atoms with Crippen LogP contribution >= 0.6 is 0 Å². The van der Waals surface area contributed by atoms with E-state index in [0.717, 1.165) is 17.1 Å². The van der Waals surface area contributed by atoms with Crippen LogP contribution in [0.3, 0.4) is 0 Å². The standard InChI is InChI=1S/C13H14N2O2/c1-16-11-2-4-12(5-3-11)17-13-9-15-7-6-10(13)8-14/h2-7,9H,8,14H2,1H3. The molecule has 0 aliphatic rings. The van der Waals surface area contributed by atoms with Gasteiger partial charge in [0.05, 0.1) is 13.3 Å². The summed E-state index contributed by atoms with van der Waals surface area (Å²) in [5.74, 6) is 2.20.